The van der Waals surface area contributed by atoms with Crippen LogP contribution < -0.4 is 0 Å². The van der Waals surface area contributed by atoms with Crippen LogP contribution in [0.15, 0.2) is 0 Å². The van der Waals surface area contributed by atoms with Gasteiger partial charge in [0, 0.05) is 52.4 Å². The third kappa shape index (κ3) is 10.9. The fourth-order valence-corrected chi connectivity index (χ4v) is 6.39. The minimum Gasteiger partial charge on any atom is -0.480 e. The Bertz CT molecular complexity index is 1620. The van der Waals surface area contributed by atoms with E-state index in [1.54, 1.807) is 0 Å². The van der Waals surface area contributed by atoms with E-state index in [9.17, 15) is 107 Å². The van der Waals surface area contributed by atoms with E-state index in [-0.39, 0.29) is 0 Å². The van der Waals surface area contributed by atoms with Crippen LogP contribution in [-0.4, -0.2) is 215 Å². The molecule has 0 saturated carbocycles. The van der Waals surface area contributed by atoms with Crippen LogP contribution in [0.4, 0.5) is 74.6 Å². The molecule has 0 aromatic rings. The molecule has 0 spiro atoms. The minimum absolute atomic E-state index is 0.492. The molecule has 34 heteroatoms. The number of rotatable bonds is 24. The summed E-state index contributed by atoms with van der Waals surface area (Å²) in [7, 11) is -7.62. The quantitative estimate of drug-likeness (QED) is 0.101. The third-order valence-corrected chi connectivity index (χ3v) is 10.2. The first kappa shape index (κ1) is 54.0. The Hall–Kier alpha value is -4.05. The molecular formula is C26H30F17N5O11S. The van der Waals surface area contributed by atoms with Gasteiger partial charge in [0.2, 0.25) is 5.91 Å². The van der Waals surface area contributed by atoms with Crippen LogP contribution >= 0.6 is 0 Å². The average Bonchev–Trinajstić information content (AvgIpc) is 3.07. The fraction of sp³-hybridized carbons (Fsp3) is 0.808. The Kier molecular flexibility index (Phi) is 16.7. The number of carbonyl (C=O) groups excluding carboxylic acids is 1. The Balaban J connectivity index is 3.39. The Morgan fingerprint density at radius 1 is 0.433 bits per heavy atom. The highest BCUT2D eigenvalue weighted by Crippen LogP contribution is 2.64. The molecular weight excluding hydrogens is 913 g/mol. The van der Waals surface area contributed by atoms with Gasteiger partial charge in [0.25, 0.3) is 10.0 Å². The predicted molar refractivity (Wildman–Crippen MR) is 158 cm³/mol. The molecule has 0 unspecified atom stereocenters. The topological polar surface area (TPSA) is 217 Å². The maximum Gasteiger partial charge on any atom is 0.460 e. The van der Waals surface area contributed by atoms with Gasteiger partial charge in [-0.05, 0) is 0 Å². The zero-order valence-electron chi connectivity index (χ0n) is 29.4. The molecule has 1 aliphatic rings. The SMILES string of the molecule is O=C(O)CN(CCN(CCN(CC(=O)O)CC(=O)O)CC(=O)N1CCN(S(=O)(=O)C(F)(F)C(F)(F)C(F)(F)C(F)(F)C(F)(F)C(F)(F)C(F)(F)C(F)(F)F)CC1)CC(=O)O. The number of halogens is 17. The highest BCUT2D eigenvalue weighted by atomic mass is 32.2. The van der Waals surface area contributed by atoms with E-state index in [2.05, 4.69) is 0 Å². The lowest BCUT2D eigenvalue weighted by molar-refractivity contribution is -0.458. The zero-order chi connectivity index (χ0) is 47.5. The molecule has 1 rings (SSSR count). The molecule has 0 aliphatic carbocycles. The number of nitrogens with zero attached hydrogens (tertiary/aromatic N) is 5. The molecule has 0 atom stereocenters. The highest BCUT2D eigenvalue weighted by Gasteiger charge is 2.96. The van der Waals surface area contributed by atoms with Crippen molar-refractivity contribution in [3.8, 4) is 0 Å². The van der Waals surface area contributed by atoms with Gasteiger partial charge in [-0.1, -0.05) is 0 Å². The summed E-state index contributed by atoms with van der Waals surface area (Å²) in [6.45, 7) is -12.4. The van der Waals surface area contributed by atoms with E-state index in [4.69, 9.17) is 20.4 Å². The van der Waals surface area contributed by atoms with Crippen molar-refractivity contribution in [1.82, 2.24) is 23.9 Å². The van der Waals surface area contributed by atoms with Crippen LogP contribution in [-0.2, 0) is 34.0 Å². The van der Waals surface area contributed by atoms with Crippen LogP contribution in [0.2, 0.25) is 0 Å². The van der Waals surface area contributed by atoms with E-state index < -0.39 is 176 Å². The number of carboxylic acid groups (broad SMARTS) is 4. The van der Waals surface area contributed by atoms with E-state index in [1.165, 1.54) is 0 Å². The second-order valence-corrected chi connectivity index (χ2v) is 14.5. The molecule has 16 nitrogen and oxygen atoms in total. The van der Waals surface area contributed by atoms with Gasteiger partial charge in [-0.15, -0.1) is 0 Å². The lowest BCUT2D eigenvalue weighted by Gasteiger charge is -2.43. The number of carboxylic acids is 4. The number of alkyl halides is 17. The van der Waals surface area contributed by atoms with Gasteiger partial charge >= 0.3 is 70.8 Å². The molecule has 350 valence electrons. The zero-order valence-corrected chi connectivity index (χ0v) is 30.2. The van der Waals surface area contributed by atoms with Crippen LogP contribution in [0.5, 0.6) is 0 Å². The summed E-state index contributed by atoms with van der Waals surface area (Å²) >= 11 is 0. The summed E-state index contributed by atoms with van der Waals surface area (Å²) in [4.78, 5) is 60.7. The molecule has 1 saturated heterocycles. The van der Waals surface area contributed by atoms with Crippen molar-refractivity contribution < 1.29 is 127 Å². The van der Waals surface area contributed by atoms with Crippen molar-refractivity contribution in [2.24, 2.45) is 0 Å². The second kappa shape index (κ2) is 18.5. The van der Waals surface area contributed by atoms with Crippen molar-refractivity contribution >= 4 is 39.8 Å². The lowest BCUT2D eigenvalue weighted by Crippen LogP contribution is -2.75. The largest absolute Gasteiger partial charge is 0.480 e. The van der Waals surface area contributed by atoms with E-state index in [0.717, 1.165) is 14.7 Å². The van der Waals surface area contributed by atoms with Crippen LogP contribution in [0, 0.1) is 0 Å². The Labute approximate surface area is 323 Å². The third-order valence-electron chi connectivity index (χ3n) is 8.21. The molecule has 0 aromatic heterocycles. The molecule has 1 fully saturated rings. The van der Waals surface area contributed by atoms with Crippen molar-refractivity contribution in [3.05, 3.63) is 0 Å². The van der Waals surface area contributed by atoms with Crippen molar-refractivity contribution in [1.29, 1.82) is 0 Å². The number of sulfonamides is 1. The fourth-order valence-electron chi connectivity index (χ4n) is 4.97. The molecule has 1 heterocycles. The molecule has 0 bridgehead atoms. The monoisotopic (exact) mass is 943 g/mol. The number of aliphatic carboxylic acids is 4. The second-order valence-electron chi connectivity index (χ2n) is 12.5. The lowest BCUT2D eigenvalue weighted by atomic mass is 9.91. The van der Waals surface area contributed by atoms with Gasteiger partial charge in [-0.25, -0.2) is 8.42 Å². The van der Waals surface area contributed by atoms with Crippen molar-refractivity contribution in [3.63, 3.8) is 0 Å². The van der Waals surface area contributed by atoms with Gasteiger partial charge in [-0.3, -0.25) is 38.7 Å². The Morgan fingerprint density at radius 3 is 1.02 bits per heavy atom. The van der Waals surface area contributed by atoms with Crippen LogP contribution in [0.1, 0.15) is 0 Å². The Morgan fingerprint density at radius 2 is 0.717 bits per heavy atom. The first-order valence-corrected chi connectivity index (χ1v) is 17.1. The number of carbonyl (C=O) groups is 5. The number of hydrogen-bond acceptors (Lipinski definition) is 10. The van der Waals surface area contributed by atoms with Gasteiger partial charge in [0.15, 0.2) is 0 Å². The normalized spacial score (nSPS) is 16.2. The van der Waals surface area contributed by atoms with Gasteiger partial charge in [0.05, 0.1) is 32.7 Å². The number of amides is 1. The number of hydrogen-bond donors (Lipinski definition) is 4. The minimum atomic E-state index is -9.02. The van der Waals surface area contributed by atoms with Gasteiger partial charge in [0.1, 0.15) is 0 Å². The summed E-state index contributed by atoms with van der Waals surface area (Å²) in [5.74, 6) is -60.1. The molecule has 0 aromatic carbocycles. The summed E-state index contributed by atoms with van der Waals surface area (Å²) in [6, 6.07) is 0. The maximum atomic E-state index is 14.7. The van der Waals surface area contributed by atoms with Crippen molar-refractivity contribution in [2.45, 2.75) is 47.0 Å². The smallest absolute Gasteiger partial charge is 0.460 e. The summed E-state index contributed by atoms with van der Waals surface area (Å²) in [5.41, 5.74) is 0. The van der Waals surface area contributed by atoms with E-state index in [0.29, 0.717) is 4.90 Å². The molecule has 60 heavy (non-hydrogen) atoms. The molecule has 0 radical (unpaired) electrons. The van der Waals surface area contributed by atoms with E-state index in [1.807, 2.05) is 0 Å². The van der Waals surface area contributed by atoms with Gasteiger partial charge in [-0.2, -0.15) is 78.9 Å². The average molecular weight is 944 g/mol. The van der Waals surface area contributed by atoms with Crippen LogP contribution in [0.25, 0.3) is 0 Å². The molecule has 1 amide bonds. The van der Waals surface area contributed by atoms with E-state index >= 15 is 0 Å². The summed E-state index contributed by atoms with van der Waals surface area (Å²) in [6.07, 6.45) is -7.99. The van der Waals surface area contributed by atoms with Crippen molar-refractivity contribution in [2.75, 3.05) is 85.1 Å². The number of piperazine rings is 1. The summed E-state index contributed by atoms with van der Waals surface area (Å²) in [5, 5.41) is 28.3. The molecule has 4 N–H and O–H groups in total. The maximum absolute atomic E-state index is 14.7. The summed E-state index contributed by atoms with van der Waals surface area (Å²) < 4.78 is 257. The highest BCUT2D eigenvalue weighted by molar-refractivity contribution is 7.90. The molecule has 1 aliphatic heterocycles. The van der Waals surface area contributed by atoms with Gasteiger partial charge < -0.3 is 25.3 Å². The first-order chi connectivity index (χ1) is 26.7. The predicted octanol–water partition coefficient (Wildman–Crippen LogP) is 1.67. The van der Waals surface area contributed by atoms with Crippen LogP contribution in [0.3, 0.4) is 0 Å². The standard InChI is InChI=1S/C26H30F17N5O11S/c27-19(28,21(31,32)23(35,36)25(39,40)41)20(29,30)22(33,34)24(37,38)26(42,43)60(58,59)48-7-5-47(6-8-48)14(49)9-44(1-3-45(10-15(50)51)11-16(52)53)2-4-46(12-17(54)55)13-18(56)57/h1-13H2,(H,50,51)(H,52,53)(H,54,55)(H,56,57). The first-order valence-electron chi connectivity index (χ1n) is 15.7.